The maximum absolute atomic E-state index is 4.87. The molecule has 3 heteroatoms. The third-order valence-corrected chi connectivity index (χ3v) is 4.54. The summed E-state index contributed by atoms with van der Waals surface area (Å²) >= 11 is 0. The zero-order valence-electron chi connectivity index (χ0n) is 12.7. The lowest BCUT2D eigenvalue weighted by Gasteiger charge is -2.33. The van der Waals surface area contributed by atoms with Crippen molar-refractivity contribution in [3.63, 3.8) is 0 Å². The van der Waals surface area contributed by atoms with Crippen LogP contribution in [0.2, 0.25) is 0 Å². The van der Waals surface area contributed by atoms with Crippen molar-refractivity contribution in [2.45, 2.75) is 25.3 Å². The molecule has 0 aliphatic carbocycles. The molecule has 3 nitrogen and oxygen atoms in total. The topological polar surface area (TPSA) is 31.9 Å². The maximum Gasteiger partial charge on any atom is 0.129 e. The number of imidazole rings is 1. The predicted molar refractivity (Wildman–Crippen MR) is 89.8 cm³/mol. The number of rotatable bonds is 3. The molecule has 22 heavy (non-hydrogen) atoms. The van der Waals surface area contributed by atoms with Crippen molar-refractivity contribution in [1.29, 1.82) is 0 Å². The number of benzene rings is 2. The fourth-order valence-corrected chi connectivity index (χ4v) is 3.46. The standard InChI is InChI=1S/C19H21N3/c1-3-9-15(10-4-1)18(22-13-7-2-8-14-22)19-20-16-11-5-6-12-17(16)21-19/h1,3-6,9-12,18H,2,7-8,13-14H2,(H,20,21). The Bertz CT molecular complexity index is 708. The molecule has 1 saturated heterocycles. The Labute approximate surface area is 131 Å². The first-order valence-electron chi connectivity index (χ1n) is 8.15. The first-order chi connectivity index (χ1) is 10.9. The molecule has 2 aromatic carbocycles. The number of hydrogen-bond donors (Lipinski definition) is 1. The zero-order valence-corrected chi connectivity index (χ0v) is 12.7. The quantitative estimate of drug-likeness (QED) is 0.786. The summed E-state index contributed by atoms with van der Waals surface area (Å²) in [5.74, 6) is 1.06. The molecule has 4 rings (SSSR count). The van der Waals surface area contributed by atoms with Gasteiger partial charge in [0.15, 0.2) is 0 Å². The van der Waals surface area contributed by atoms with Crippen LogP contribution in [-0.2, 0) is 0 Å². The normalized spacial score (nSPS) is 17.6. The largest absolute Gasteiger partial charge is 0.340 e. The lowest BCUT2D eigenvalue weighted by Crippen LogP contribution is -2.34. The number of aromatic amines is 1. The minimum absolute atomic E-state index is 0.230. The van der Waals surface area contributed by atoms with E-state index >= 15 is 0 Å². The molecule has 1 unspecified atom stereocenters. The molecular weight excluding hydrogens is 270 g/mol. The van der Waals surface area contributed by atoms with Crippen molar-refractivity contribution in [3.8, 4) is 0 Å². The zero-order chi connectivity index (χ0) is 14.8. The summed E-state index contributed by atoms with van der Waals surface area (Å²) in [6, 6.07) is 19.3. The van der Waals surface area contributed by atoms with Crippen LogP contribution in [0.25, 0.3) is 11.0 Å². The van der Waals surface area contributed by atoms with Gasteiger partial charge >= 0.3 is 0 Å². The summed E-state index contributed by atoms with van der Waals surface area (Å²) < 4.78 is 0. The number of hydrogen-bond acceptors (Lipinski definition) is 2. The number of H-pyrrole nitrogens is 1. The predicted octanol–water partition coefficient (Wildman–Crippen LogP) is 4.14. The Balaban J connectivity index is 1.78. The average molecular weight is 291 g/mol. The molecule has 0 bridgehead atoms. The highest BCUT2D eigenvalue weighted by molar-refractivity contribution is 5.75. The smallest absolute Gasteiger partial charge is 0.129 e. The Hall–Kier alpha value is -2.13. The van der Waals surface area contributed by atoms with Gasteiger partial charge in [-0.1, -0.05) is 48.9 Å². The molecule has 112 valence electrons. The van der Waals surface area contributed by atoms with Crippen LogP contribution < -0.4 is 0 Å². The number of aromatic nitrogens is 2. The van der Waals surface area contributed by atoms with Crippen molar-refractivity contribution in [2.75, 3.05) is 13.1 Å². The molecule has 1 fully saturated rings. The number of nitrogens with zero attached hydrogens (tertiary/aromatic N) is 2. The van der Waals surface area contributed by atoms with Gasteiger partial charge in [0.25, 0.3) is 0 Å². The molecule has 3 aromatic rings. The van der Waals surface area contributed by atoms with E-state index in [2.05, 4.69) is 58.4 Å². The molecule has 0 saturated carbocycles. The summed E-state index contributed by atoms with van der Waals surface area (Å²) in [5.41, 5.74) is 3.49. The van der Waals surface area contributed by atoms with Gasteiger partial charge in [-0.25, -0.2) is 4.98 Å². The summed E-state index contributed by atoms with van der Waals surface area (Å²) in [5, 5.41) is 0. The van der Waals surface area contributed by atoms with E-state index in [9.17, 15) is 0 Å². The molecule has 1 N–H and O–H groups in total. The van der Waals surface area contributed by atoms with Crippen molar-refractivity contribution in [3.05, 3.63) is 66.0 Å². The van der Waals surface area contributed by atoms with Gasteiger partial charge in [0.1, 0.15) is 5.82 Å². The molecule has 0 amide bonds. The molecule has 0 spiro atoms. The second-order valence-corrected chi connectivity index (χ2v) is 6.05. The Morgan fingerprint density at radius 2 is 1.59 bits per heavy atom. The van der Waals surface area contributed by atoms with Crippen LogP contribution in [0.3, 0.4) is 0 Å². The second kappa shape index (κ2) is 5.93. The van der Waals surface area contributed by atoms with Crippen molar-refractivity contribution in [1.82, 2.24) is 14.9 Å². The summed E-state index contributed by atoms with van der Waals surface area (Å²) in [6.07, 6.45) is 3.91. The number of fused-ring (bicyclic) bond motifs is 1. The molecule has 1 aromatic heterocycles. The lowest BCUT2D eigenvalue weighted by molar-refractivity contribution is 0.182. The minimum atomic E-state index is 0.230. The van der Waals surface area contributed by atoms with Gasteiger partial charge in [-0.05, 0) is 43.6 Å². The third kappa shape index (κ3) is 2.53. The monoisotopic (exact) mass is 291 g/mol. The van der Waals surface area contributed by atoms with Gasteiger partial charge in [0.2, 0.25) is 0 Å². The summed E-state index contributed by atoms with van der Waals surface area (Å²) in [7, 11) is 0. The lowest BCUT2D eigenvalue weighted by atomic mass is 10.0. The van der Waals surface area contributed by atoms with E-state index in [0.717, 1.165) is 29.9 Å². The van der Waals surface area contributed by atoms with Crippen LogP contribution in [-0.4, -0.2) is 28.0 Å². The Morgan fingerprint density at radius 3 is 2.36 bits per heavy atom. The molecule has 2 heterocycles. The van der Waals surface area contributed by atoms with Crippen molar-refractivity contribution >= 4 is 11.0 Å². The van der Waals surface area contributed by atoms with Gasteiger partial charge in [0, 0.05) is 0 Å². The highest BCUT2D eigenvalue weighted by Gasteiger charge is 2.26. The number of nitrogens with one attached hydrogen (secondary N) is 1. The van der Waals surface area contributed by atoms with Crippen LogP contribution in [0.15, 0.2) is 54.6 Å². The SMILES string of the molecule is c1ccc(C(c2nc3ccccc3[nH]2)N2CCCCC2)cc1. The van der Waals surface area contributed by atoms with Crippen LogP contribution >= 0.6 is 0 Å². The van der Waals surface area contributed by atoms with E-state index in [1.165, 1.54) is 24.8 Å². The number of para-hydroxylation sites is 2. The van der Waals surface area contributed by atoms with E-state index < -0.39 is 0 Å². The molecule has 0 radical (unpaired) electrons. The fraction of sp³-hybridized carbons (Fsp3) is 0.316. The average Bonchev–Trinajstić information content (AvgIpc) is 3.00. The molecular formula is C19H21N3. The van der Waals surface area contributed by atoms with Gasteiger partial charge in [-0.2, -0.15) is 0 Å². The molecule has 1 atom stereocenters. The van der Waals surface area contributed by atoms with E-state index in [1.54, 1.807) is 0 Å². The van der Waals surface area contributed by atoms with E-state index in [-0.39, 0.29) is 6.04 Å². The Morgan fingerprint density at radius 1 is 0.864 bits per heavy atom. The molecule has 1 aliphatic heterocycles. The summed E-state index contributed by atoms with van der Waals surface area (Å²) in [6.45, 7) is 2.30. The van der Waals surface area contributed by atoms with Gasteiger partial charge in [0.05, 0.1) is 17.1 Å². The van der Waals surface area contributed by atoms with Crippen molar-refractivity contribution < 1.29 is 0 Å². The van der Waals surface area contributed by atoms with E-state index in [1.807, 2.05) is 6.07 Å². The van der Waals surface area contributed by atoms with Gasteiger partial charge < -0.3 is 4.98 Å². The van der Waals surface area contributed by atoms with Crippen LogP contribution in [0.4, 0.5) is 0 Å². The van der Waals surface area contributed by atoms with E-state index in [4.69, 9.17) is 4.98 Å². The minimum Gasteiger partial charge on any atom is -0.340 e. The molecule has 1 aliphatic rings. The maximum atomic E-state index is 4.87. The highest BCUT2D eigenvalue weighted by Crippen LogP contribution is 2.30. The first-order valence-corrected chi connectivity index (χ1v) is 8.15. The van der Waals surface area contributed by atoms with E-state index in [0.29, 0.717) is 0 Å². The first kappa shape index (κ1) is 13.5. The van der Waals surface area contributed by atoms with Crippen molar-refractivity contribution in [2.24, 2.45) is 0 Å². The van der Waals surface area contributed by atoms with Crippen LogP contribution in [0.5, 0.6) is 0 Å². The number of piperidine rings is 1. The van der Waals surface area contributed by atoms with Crippen LogP contribution in [0.1, 0.15) is 36.7 Å². The summed E-state index contributed by atoms with van der Waals surface area (Å²) in [4.78, 5) is 11.0. The number of likely N-dealkylation sites (tertiary alicyclic amines) is 1. The Kier molecular flexibility index (Phi) is 3.65. The van der Waals surface area contributed by atoms with Gasteiger partial charge in [-0.3, -0.25) is 4.90 Å². The fourth-order valence-electron chi connectivity index (χ4n) is 3.46. The second-order valence-electron chi connectivity index (χ2n) is 6.05. The highest BCUT2D eigenvalue weighted by atomic mass is 15.2. The third-order valence-electron chi connectivity index (χ3n) is 4.54. The van der Waals surface area contributed by atoms with Gasteiger partial charge in [-0.15, -0.1) is 0 Å². The van der Waals surface area contributed by atoms with Crippen LogP contribution in [0, 0.1) is 0 Å².